The third-order valence-electron chi connectivity index (χ3n) is 10.5. The average Bonchev–Trinajstić information content (AvgIpc) is 3.32. The Morgan fingerprint density at radius 2 is 1.17 bits per heavy atom. The summed E-state index contributed by atoms with van der Waals surface area (Å²) in [5.41, 5.74) is 5.94. The molecule has 376 valence electrons. The molecular formula is C45H41N7O16S4. The van der Waals surface area contributed by atoms with Crippen molar-refractivity contribution < 1.29 is 71.3 Å². The summed E-state index contributed by atoms with van der Waals surface area (Å²) in [7, 11) is -19.7. The molecule has 0 aliphatic rings. The maximum absolute atomic E-state index is 12.7. The van der Waals surface area contributed by atoms with Gasteiger partial charge in [-0.05, 0) is 103 Å². The zero-order valence-electron chi connectivity index (χ0n) is 37.3. The fourth-order valence-electron chi connectivity index (χ4n) is 7.08. The Hall–Kier alpha value is -7.63. The smallest absolute Gasteiger partial charge is 0.330 e. The molecule has 7 rings (SSSR count). The van der Waals surface area contributed by atoms with Crippen molar-refractivity contribution in [1.29, 1.82) is 0 Å². The first-order chi connectivity index (χ1) is 34.0. The van der Waals surface area contributed by atoms with Crippen molar-refractivity contribution in [2.75, 3.05) is 35.9 Å². The number of azo groups is 2. The molecule has 72 heavy (non-hydrogen) atoms. The number of benzene rings is 7. The first kappa shape index (κ1) is 52.2. The van der Waals surface area contributed by atoms with Gasteiger partial charge in [0, 0.05) is 39.6 Å². The van der Waals surface area contributed by atoms with E-state index in [1.165, 1.54) is 42.5 Å². The molecule has 0 spiro atoms. The van der Waals surface area contributed by atoms with Crippen molar-refractivity contribution in [3.8, 4) is 11.5 Å². The molecular weight excluding hydrogens is 1020 g/mol. The molecule has 7 aromatic carbocycles. The van der Waals surface area contributed by atoms with Gasteiger partial charge in [0.2, 0.25) is 0 Å². The van der Waals surface area contributed by atoms with E-state index >= 15 is 0 Å². The lowest BCUT2D eigenvalue weighted by Gasteiger charge is -2.16. The number of phenols is 1. The van der Waals surface area contributed by atoms with Crippen molar-refractivity contribution in [3.05, 3.63) is 116 Å². The lowest BCUT2D eigenvalue weighted by molar-refractivity contribution is -0.138. The van der Waals surface area contributed by atoms with E-state index in [9.17, 15) is 61.8 Å². The SMILES string of the molecule is C=CC(=O)OCCOc1ccc(N=Nc2ccc(NNc3ccc(N=Nc4c(S(=O)(=O)O)cc5cc(S(=O)(=O)O)c(NCCCC)cc5c4O)c4cc(S(=O)(=O)O)ccc34)c3cc(S(=O)(=O)O)ccc23)cc1. The molecule has 0 saturated heterocycles. The van der Waals surface area contributed by atoms with E-state index in [-0.39, 0.29) is 75.1 Å². The number of fused-ring (bicyclic) bond motifs is 3. The van der Waals surface area contributed by atoms with E-state index in [2.05, 4.69) is 43.2 Å². The summed E-state index contributed by atoms with van der Waals surface area (Å²) >= 11 is 0. The summed E-state index contributed by atoms with van der Waals surface area (Å²) in [6.07, 6.45) is 2.33. The van der Waals surface area contributed by atoms with Crippen LogP contribution in [0.3, 0.4) is 0 Å². The highest BCUT2D eigenvalue weighted by Crippen LogP contribution is 2.45. The van der Waals surface area contributed by atoms with Gasteiger partial charge in [-0.25, -0.2) is 4.79 Å². The molecule has 0 fully saturated rings. The van der Waals surface area contributed by atoms with Crippen LogP contribution in [0.4, 0.5) is 39.8 Å². The fraction of sp³-hybridized carbons (Fsp3) is 0.133. The van der Waals surface area contributed by atoms with Crippen molar-refractivity contribution in [2.24, 2.45) is 20.5 Å². The molecule has 0 unspecified atom stereocenters. The third-order valence-corrected chi connectivity index (χ3v) is 14.0. The van der Waals surface area contributed by atoms with Gasteiger partial charge in [-0.1, -0.05) is 32.1 Å². The maximum Gasteiger partial charge on any atom is 0.330 e. The topological polar surface area (TPSA) is 359 Å². The van der Waals surface area contributed by atoms with Crippen LogP contribution >= 0.6 is 0 Å². The predicted octanol–water partition coefficient (Wildman–Crippen LogP) is 9.43. The lowest BCUT2D eigenvalue weighted by atomic mass is 10.1. The number of hydrogen-bond donors (Lipinski definition) is 8. The van der Waals surface area contributed by atoms with Crippen LogP contribution in [0.5, 0.6) is 11.5 Å². The number of aromatic hydroxyl groups is 1. The minimum atomic E-state index is -5.24. The number of phenolic OH excluding ortho intramolecular Hbond substituents is 1. The molecule has 0 aliphatic carbocycles. The molecule has 0 aliphatic heterocycles. The van der Waals surface area contributed by atoms with Crippen LogP contribution < -0.4 is 20.9 Å². The molecule has 8 N–H and O–H groups in total. The fourth-order valence-corrected chi connectivity index (χ4v) is 9.43. The molecule has 27 heteroatoms. The van der Waals surface area contributed by atoms with E-state index in [1.807, 2.05) is 6.92 Å². The van der Waals surface area contributed by atoms with Gasteiger partial charge in [0.05, 0.1) is 43.9 Å². The molecule has 7 aromatic rings. The highest BCUT2D eigenvalue weighted by Gasteiger charge is 2.26. The van der Waals surface area contributed by atoms with E-state index in [0.29, 0.717) is 29.7 Å². The van der Waals surface area contributed by atoms with Crippen LogP contribution in [0.25, 0.3) is 32.3 Å². The quantitative estimate of drug-likeness (QED) is 0.00879. The first-order valence-electron chi connectivity index (χ1n) is 20.9. The standard InChI is InChI=1S/C45H41N7O16S4/c1-3-5-18-46-40-25-33-26(21-41(40)71(61,62)63)22-42(72(64,65)66)44(45(33)54)52-51-39-17-15-37(32-13-11-30(24-35(32)39)70(58,59)60)49-50-38-16-14-36(31-12-10-29(23-34(31)38)69(55,56)57)48-47-27-6-8-28(9-7-27)67-19-20-68-43(53)4-2/h4,6-17,21-25,46,49-50,54H,2-3,5,18-20H2,1H3,(H,55,56,57)(H,58,59,60)(H,61,62,63)(H,64,65,66). The number of anilines is 3. The highest BCUT2D eigenvalue weighted by atomic mass is 32.2. The number of carbonyl (C=O) groups excluding carboxylic acids is 1. The van der Waals surface area contributed by atoms with E-state index in [4.69, 9.17) is 9.47 Å². The Morgan fingerprint density at radius 1 is 0.597 bits per heavy atom. The van der Waals surface area contributed by atoms with Crippen molar-refractivity contribution >= 4 is 119 Å². The molecule has 0 aromatic heterocycles. The van der Waals surface area contributed by atoms with Gasteiger partial charge in [0.1, 0.15) is 34.4 Å². The predicted molar refractivity (Wildman–Crippen MR) is 265 cm³/mol. The number of nitrogens with zero attached hydrogens (tertiary/aromatic N) is 4. The van der Waals surface area contributed by atoms with Crippen LogP contribution in [-0.4, -0.2) is 82.7 Å². The minimum Gasteiger partial charge on any atom is -0.505 e. The maximum atomic E-state index is 12.7. The number of nitrogens with one attached hydrogen (secondary N) is 3. The van der Waals surface area contributed by atoms with Gasteiger partial charge < -0.3 is 30.7 Å². The summed E-state index contributed by atoms with van der Waals surface area (Å²) < 4.78 is 150. The monoisotopic (exact) mass is 1060 g/mol. The molecule has 0 amide bonds. The second-order valence-electron chi connectivity index (χ2n) is 15.4. The largest absolute Gasteiger partial charge is 0.505 e. The number of unbranched alkanes of at least 4 members (excludes halogenated alkanes) is 1. The minimum absolute atomic E-state index is 0.00652. The Kier molecular flexibility index (Phi) is 15.2. The van der Waals surface area contributed by atoms with Crippen LogP contribution in [0, 0.1) is 0 Å². The second-order valence-corrected chi connectivity index (χ2v) is 21.0. The van der Waals surface area contributed by atoms with Gasteiger partial charge in [0.25, 0.3) is 40.5 Å². The number of hydrogen-bond acceptors (Lipinski definition) is 19. The first-order valence-corrected chi connectivity index (χ1v) is 26.7. The normalized spacial score (nSPS) is 12.5. The molecule has 0 atom stereocenters. The van der Waals surface area contributed by atoms with Crippen LogP contribution in [0.2, 0.25) is 0 Å². The number of ether oxygens (including phenoxy) is 2. The zero-order chi connectivity index (χ0) is 52.2. The number of hydrazine groups is 1. The zero-order valence-corrected chi connectivity index (χ0v) is 40.5. The summed E-state index contributed by atoms with van der Waals surface area (Å²) in [6, 6.07) is 22.2. The van der Waals surface area contributed by atoms with Crippen molar-refractivity contribution in [3.63, 3.8) is 0 Å². The summed E-state index contributed by atoms with van der Waals surface area (Å²) in [5.74, 6) is -1.00. The van der Waals surface area contributed by atoms with Crippen LogP contribution in [0.15, 0.2) is 156 Å². The average molecular weight is 1060 g/mol. The van der Waals surface area contributed by atoms with Gasteiger partial charge in [-0.2, -0.15) is 38.8 Å². The molecule has 0 radical (unpaired) electrons. The van der Waals surface area contributed by atoms with Gasteiger partial charge >= 0.3 is 5.97 Å². The van der Waals surface area contributed by atoms with Crippen molar-refractivity contribution in [1.82, 2.24) is 0 Å². The van der Waals surface area contributed by atoms with Crippen LogP contribution in [-0.2, 0) is 50.0 Å². The van der Waals surface area contributed by atoms with Gasteiger partial charge in [0.15, 0.2) is 5.75 Å². The van der Waals surface area contributed by atoms with E-state index in [0.717, 1.165) is 36.4 Å². The number of rotatable bonds is 20. The van der Waals surface area contributed by atoms with E-state index < -0.39 is 77.5 Å². The number of esters is 1. The second kappa shape index (κ2) is 21.0. The Labute approximate surface area is 410 Å². The Balaban J connectivity index is 1.25. The molecule has 0 heterocycles. The lowest BCUT2D eigenvalue weighted by Crippen LogP contribution is -2.10. The van der Waals surface area contributed by atoms with Gasteiger partial charge in [-0.3, -0.25) is 18.2 Å². The summed E-state index contributed by atoms with van der Waals surface area (Å²) in [4.78, 5) is 8.52. The number of carbonyl (C=O) groups is 1. The Morgan fingerprint density at radius 3 is 1.76 bits per heavy atom. The molecule has 23 nitrogen and oxygen atoms in total. The summed E-state index contributed by atoms with van der Waals surface area (Å²) in [6.45, 7) is 5.55. The van der Waals surface area contributed by atoms with Crippen LogP contribution in [0.1, 0.15) is 19.8 Å². The molecule has 0 bridgehead atoms. The van der Waals surface area contributed by atoms with Gasteiger partial charge in [-0.15, -0.1) is 15.3 Å². The van der Waals surface area contributed by atoms with E-state index in [1.54, 1.807) is 30.3 Å². The summed E-state index contributed by atoms with van der Waals surface area (Å²) in [5, 5.41) is 31.4. The third kappa shape index (κ3) is 12.1. The highest BCUT2D eigenvalue weighted by molar-refractivity contribution is 7.86. The molecule has 0 saturated carbocycles. The Bertz CT molecular complexity index is 3840. The van der Waals surface area contributed by atoms with Crippen molar-refractivity contribution in [2.45, 2.75) is 39.3 Å².